The smallest absolute Gasteiger partial charge is 0.230 e. The van der Waals surface area contributed by atoms with Crippen molar-refractivity contribution >= 4 is 11.8 Å². The Morgan fingerprint density at radius 2 is 1.52 bits per heavy atom. The topological polar surface area (TPSA) is 58.2 Å². The quantitative estimate of drug-likeness (QED) is 0.702. The van der Waals surface area contributed by atoms with Crippen molar-refractivity contribution in [3.8, 4) is 0 Å². The minimum atomic E-state index is -0.422. The van der Waals surface area contributed by atoms with E-state index in [-0.39, 0.29) is 29.5 Å². The normalized spacial score (nSPS) is 14.9. The van der Waals surface area contributed by atoms with Crippen LogP contribution in [0.2, 0.25) is 0 Å². The highest BCUT2D eigenvalue weighted by molar-refractivity contribution is 5.91. The molecule has 1 aliphatic rings. The number of hydrogen-bond donors (Lipinski definition) is 2. The van der Waals surface area contributed by atoms with Crippen molar-refractivity contribution in [1.29, 1.82) is 0 Å². The van der Waals surface area contributed by atoms with Gasteiger partial charge in [-0.2, -0.15) is 0 Å². The molecule has 2 aromatic rings. The van der Waals surface area contributed by atoms with Gasteiger partial charge >= 0.3 is 0 Å². The molecule has 2 aromatic carbocycles. The zero-order valence-corrected chi connectivity index (χ0v) is 17.3. The Hall–Kier alpha value is -2.69. The predicted molar refractivity (Wildman–Crippen MR) is 112 cm³/mol. The molecule has 1 fully saturated rings. The monoisotopic (exact) mass is 396 g/mol. The van der Waals surface area contributed by atoms with E-state index in [9.17, 15) is 14.0 Å². The summed E-state index contributed by atoms with van der Waals surface area (Å²) in [4.78, 5) is 24.7. The summed E-state index contributed by atoms with van der Waals surface area (Å²) in [5, 5.41) is 5.74. The number of amides is 2. The molecule has 154 valence electrons. The van der Waals surface area contributed by atoms with Gasteiger partial charge < -0.3 is 10.6 Å². The molecular formula is C24H29FN2O2. The third-order valence-corrected chi connectivity index (χ3v) is 5.50. The van der Waals surface area contributed by atoms with E-state index >= 15 is 0 Å². The highest BCUT2D eigenvalue weighted by Crippen LogP contribution is 2.48. The van der Waals surface area contributed by atoms with Gasteiger partial charge in [0.1, 0.15) is 5.82 Å². The first-order chi connectivity index (χ1) is 13.7. The molecule has 0 saturated heterocycles. The van der Waals surface area contributed by atoms with Gasteiger partial charge in [0.25, 0.3) is 0 Å². The summed E-state index contributed by atoms with van der Waals surface area (Å²) in [5.74, 6) is -0.447. The molecule has 2 N–H and O–H groups in total. The first kappa shape index (κ1) is 21.0. The van der Waals surface area contributed by atoms with E-state index in [4.69, 9.17) is 0 Å². The highest BCUT2D eigenvalue weighted by atomic mass is 19.1. The fourth-order valence-electron chi connectivity index (χ4n) is 3.46. The fourth-order valence-corrected chi connectivity index (χ4v) is 3.46. The second-order valence-corrected chi connectivity index (χ2v) is 8.82. The number of rotatable bonds is 7. The minimum Gasteiger partial charge on any atom is -0.354 e. The zero-order valence-electron chi connectivity index (χ0n) is 17.3. The van der Waals surface area contributed by atoms with Crippen molar-refractivity contribution in [2.45, 2.75) is 50.9 Å². The van der Waals surface area contributed by atoms with Gasteiger partial charge in [-0.3, -0.25) is 9.59 Å². The Morgan fingerprint density at radius 3 is 2.07 bits per heavy atom. The van der Waals surface area contributed by atoms with Crippen LogP contribution in [0.1, 0.15) is 50.3 Å². The van der Waals surface area contributed by atoms with Gasteiger partial charge in [-0.15, -0.1) is 0 Å². The van der Waals surface area contributed by atoms with Gasteiger partial charge in [0, 0.05) is 13.1 Å². The Balaban J connectivity index is 1.45. The van der Waals surface area contributed by atoms with Crippen molar-refractivity contribution < 1.29 is 14.0 Å². The second kappa shape index (κ2) is 8.36. The molecule has 0 aliphatic heterocycles. The molecule has 1 aliphatic carbocycles. The number of carbonyl (C=O) groups excluding carboxylic acids is 2. The zero-order chi connectivity index (χ0) is 21.1. The SMILES string of the molecule is CC(C)(C)c1ccc(C2(C(=O)NCCNC(=O)Cc3ccc(F)cc3)CC2)cc1. The molecule has 0 radical (unpaired) electrons. The lowest BCUT2D eigenvalue weighted by molar-refractivity contribution is -0.124. The van der Waals surface area contributed by atoms with Gasteiger partial charge in [-0.05, 0) is 47.1 Å². The van der Waals surface area contributed by atoms with Crippen LogP contribution in [0.25, 0.3) is 0 Å². The van der Waals surface area contributed by atoms with E-state index in [0.29, 0.717) is 13.1 Å². The molecule has 3 rings (SSSR count). The van der Waals surface area contributed by atoms with Crippen molar-refractivity contribution in [2.75, 3.05) is 13.1 Å². The van der Waals surface area contributed by atoms with Crippen molar-refractivity contribution in [2.24, 2.45) is 0 Å². The maximum atomic E-state index is 12.9. The van der Waals surface area contributed by atoms with Crippen molar-refractivity contribution in [1.82, 2.24) is 10.6 Å². The maximum absolute atomic E-state index is 12.9. The Labute approximate surface area is 171 Å². The van der Waals surface area contributed by atoms with Crippen LogP contribution in [0, 0.1) is 5.82 Å². The van der Waals surface area contributed by atoms with E-state index in [0.717, 1.165) is 24.0 Å². The first-order valence-corrected chi connectivity index (χ1v) is 10.1. The van der Waals surface area contributed by atoms with Crippen LogP contribution in [0.3, 0.4) is 0 Å². The molecule has 0 aromatic heterocycles. The van der Waals surface area contributed by atoms with Crippen LogP contribution < -0.4 is 10.6 Å². The molecule has 0 unspecified atom stereocenters. The van der Waals surface area contributed by atoms with Gasteiger partial charge in [0.15, 0.2) is 0 Å². The van der Waals surface area contributed by atoms with Crippen LogP contribution >= 0.6 is 0 Å². The Bertz CT molecular complexity index is 863. The number of carbonyl (C=O) groups is 2. The molecule has 0 bridgehead atoms. The lowest BCUT2D eigenvalue weighted by Gasteiger charge is -2.21. The van der Waals surface area contributed by atoms with E-state index in [1.165, 1.54) is 17.7 Å². The Morgan fingerprint density at radius 1 is 0.931 bits per heavy atom. The van der Waals surface area contributed by atoms with Gasteiger partial charge in [-0.25, -0.2) is 4.39 Å². The Kier molecular flexibility index (Phi) is 6.06. The van der Waals surface area contributed by atoms with Gasteiger partial charge in [-0.1, -0.05) is 57.2 Å². The second-order valence-electron chi connectivity index (χ2n) is 8.82. The molecule has 0 spiro atoms. The minimum absolute atomic E-state index is 0.0220. The number of nitrogens with one attached hydrogen (secondary N) is 2. The van der Waals surface area contributed by atoms with Crippen LogP contribution in [-0.4, -0.2) is 24.9 Å². The van der Waals surface area contributed by atoms with Crippen LogP contribution in [-0.2, 0) is 26.8 Å². The van der Waals surface area contributed by atoms with Crippen LogP contribution in [0.15, 0.2) is 48.5 Å². The summed E-state index contributed by atoms with van der Waals surface area (Å²) in [6.07, 6.45) is 1.90. The fraction of sp³-hybridized carbons (Fsp3) is 0.417. The van der Waals surface area contributed by atoms with Crippen molar-refractivity contribution in [3.05, 3.63) is 71.0 Å². The van der Waals surface area contributed by atoms with Gasteiger partial charge in [0.2, 0.25) is 11.8 Å². The van der Waals surface area contributed by atoms with Crippen molar-refractivity contribution in [3.63, 3.8) is 0 Å². The maximum Gasteiger partial charge on any atom is 0.230 e. The number of benzene rings is 2. The van der Waals surface area contributed by atoms with E-state index in [1.54, 1.807) is 12.1 Å². The molecule has 4 nitrogen and oxygen atoms in total. The first-order valence-electron chi connectivity index (χ1n) is 10.1. The lowest BCUT2D eigenvalue weighted by Crippen LogP contribution is -2.40. The molecule has 1 saturated carbocycles. The summed E-state index contributed by atoms with van der Waals surface area (Å²) < 4.78 is 12.9. The summed E-state index contributed by atoms with van der Waals surface area (Å²) in [6, 6.07) is 14.2. The third-order valence-electron chi connectivity index (χ3n) is 5.50. The summed E-state index contributed by atoms with van der Waals surface area (Å²) in [7, 11) is 0. The van der Waals surface area contributed by atoms with E-state index in [2.05, 4.69) is 55.7 Å². The molecule has 0 heterocycles. The number of halogens is 1. The van der Waals surface area contributed by atoms with Crippen LogP contribution in [0.5, 0.6) is 0 Å². The van der Waals surface area contributed by atoms with Gasteiger partial charge in [0.05, 0.1) is 11.8 Å². The molecule has 0 atom stereocenters. The molecular weight excluding hydrogens is 367 g/mol. The average molecular weight is 397 g/mol. The summed E-state index contributed by atoms with van der Waals surface area (Å²) in [5.41, 5.74) is 2.73. The molecule has 29 heavy (non-hydrogen) atoms. The molecule has 2 amide bonds. The molecule has 5 heteroatoms. The van der Waals surface area contributed by atoms with E-state index in [1.807, 2.05) is 0 Å². The average Bonchev–Trinajstić information content (AvgIpc) is 3.48. The summed E-state index contributed by atoms with van der Waals surface area (Å²) in [6.45, 7) is 7.27. The lowest BCUT2D eigenvalue weighted by atomic mass is 9.85. The highest BCUT2D eigenvalue weighted by Gasteiger charge is 2.51. The van der Waals surface area contributed by atoms with Crippen LogP contribution in [0.4, 0.5) is 4.39 Å². The standard InChI is InChI=1S/C24H29FN2O2/c1-23(2,3)18-6-8-19(9-7-18)24(12-13-24)22(29)27-15-14-26-21(28)16-17-4-10-20(25)11-5-17/h4-11H,12-16H2,1-3H3,(H,26,28)(H,27,29). The third kappa shape index (κ3) is 5.22. The summed E-state index contributed by atoms with van der Waals surface area (Å²) >= 11 is 0. The predicted octanol–water partition coefficient (Wildman–Crippen LogP) is 3.63. The largest absolute Gasteiger partial charge is 0.354 e. The van der Waals surface area contributed by atoms with E-state index < -0.39 is 5.41 Å². The number of hydrogen-bond acceptors (Lipinski definition) is 2.